The second-order valence-corrected chi connectivity index (χ2v) is 7.58. The molecule has 1 aromatic carbocycles. The van der Waals surface area contributed by atoms with Crippen LogP contribution in [-0.2, 0) is 14.3 Å². The largest absolute Gasteiger partial charge is 0.375 e. The van der Waals surface area contributed by atoms with Crippen LogP contribution in [0.1, 0.15) is 16.8 Å². The molecule has 3 heterocycles. The first-order valence-corrected chi connectivity index (χ1v) is 9.53. The van der Waals surface area contributed by atoms with Crippen LogP contribution in [0.5, 0.6) is 0 Å². The Morgan fingerprint density at radius 1 is 1.37 bits per heavy atom. The van der Waals surface area contributed by atoms with Crippen LogP contribution in [0, 0.1) is 0 Å². The molecule has 4 rings (SSSR count). The second kappa shape index (κ2) is 7.13. The van der Waals surface area contributed by atoms with E-state index in [1.54, 1.807) is 22.3 Å². The van der Waals surface area contributed by atoms with E-state index in [0.29, 0.717) is 24.2 Å². The minimum absolute atomic E-state index is 0.0473. The number of anilines is 1. The standard InChI is InChI=1S/C19H19N3O4S/c1-26-10-17(23)20-12-8-15-18(24)21-14-5-4-11(16-3-2-6-27-16)7-13(14)19(25)22(15)9-12/h2-7,12,15H,8-10H2,1H3,(H,20,23)(H,21,24)/t12-,15-/m0/s1. The van der Waals surface area contributed by atoms with Crippen molar-refractivity contribution in [3.63, 3.8) is 0 Å². The lowest BCUT2D eigenvalue weighted by Crippen LogP contribution is -2.41. The fraction of sp³-hybridized carbons (Fsp3) is 0.316. The van der Waals surface area contributed by atoms with Gasteiger partial charge in [-0.3, -0.25) is 14.4 Å². The summed E-state index contributed by atoms with van der Waals surface area (Å²) in [6.07, 6.45) is 0.388. The quantitative estimate of drug-likeness (QED) is 0.839. The van der Waals surface area contributed by atoms with E-state index in [-0.39, 0.29) is 30.4 Å². The summed E-state index contributed by atoms with van der Waals surface area (Å²) in [6.45, 7) is 0.253. The third kappa shape index (κ3) is 3.33. The molecule has 2 aliphatic rings. The molecule has 0 aliphatic carbocycles. The number of amides is 3. The average molecular weight is 385 g/mol. The van der Waals surface area contributed by atoms with Crippen molar-refractivity contribution in [3.8, 4) is 10.4 Å². The number of hydrogen-bond acceptors (Lipinski definition) is 5. The van der Waals surface area contributed by atoms with Gasteiger partial charge in [-0.15, -0.1) is 11.3 Å². The Balaban J connectivity index is 1.61. The van der Waals surface area contributed by atoms with Crippen LogP contribution < -0.4 is 10.6 Å². The highest BCUT2D eigenvalue weighted by atomic mass is 32.1. The summed E-state index contributed by atoms with van der Waals surface area (Å²) in [5, 5.41) is 7.66. The number of carbonyl (C=O) groups is 3. The highest BCUT2D eigenvalue weighted by Crippen LogP contribution is 2.33. The number of nitrogens with zero attached hydrogens (tertiary/aromatic N) is 1. The number of thiophene rings is 1. The number of fused-ring (bicyclic) bond motifs is 2. The van der Waals surface area contributed by atoms with Crippen LogP contribution in [0.3, 0.4) is 0 Å². The molecule has 2 aliphatic heterocycles. The molecule has 0 unspecified atom stereocenters. The topological polar surface area (TPSA) is 87.7 Å². The third-order valence-electron chi connectivity index (χ3n) is 4.82. The molecule has 0 radical (unpaired) electrons. The Morgan fingerprint density at radius 3 is 2.96 bits per heavy atom. The fourth-order valence-electron chi connectivity index (χ4n) is 3.61. The van der Waals surface area contributed by atoms with Crippen molar-refractivity contribution in [3.05, 3.63) is 41.3 Å². The monoisotopic (exact) mass is 385 g/mol. The highest BCUT2D eigenvalue weighted by Gasteiger charge is 2.43. The van der Waals surface area contributed by atoms with E-state index in [1.807, 2.05) is 29.6 Å². The molecule has 3 amide bonds. The van der Waals surface area contributed by atoms with Crippen LogP contribution in [0.2, 0.25) is 0 Å². The van der Waals surface area contributed by atoms with Gasteiger partial charge in [0.1, 0.15) is 12.6 Å². The minimum atomic E-state index is -0.595. The maximum absolute atomic E-state index is 13.1. The molecular formula is C19H19N3O4S. The highest BCUT2D eigenvalue weighted by molar-refractivity contribution is 7.13. The van der Waals surface area contributed by atoms with Crippen molar-refractivity contribution in [1.29, 1.82) is 0 Å². The second-order valence-electron chi connectivity index (χ2n) is 6.63. The van der Waals surface area contributed by atoms with Crippen molar-refractivity contribution < 1.29 is 19.1 Å². The van der Waals surface area contributed by atoms with Gasteiger partial charge in [0.2, 0.25) is 11.8 Å². The van der Waals surface area contributed by atoms with E-state index >= 15 is 0 Å². The number of methoxy groups -OCH3 is 1. The van der Waals surface area contributed by atoms with E-state index < -0.39 is 6.04 Å². The first kappa shape index (κ1) is 17.7. The van der Waals surface area contributed by atoms with Crippen molar-refractivity contribution >= 4 is 34.7 Å². The molecule has 7 nitrogen and oxygen atoms in total. The van der Waals surface area contributed by atoms with Gasteiger partial charge < -0.3 is 20.3 Å². The van der Waals surface area contributed by atoms with Gasteiger partial charge >= 0.3 is 0 Å². The molecule has 2 N–H and O–H groups in total. The lowest BCUT2D eigenvalue weighted by atomic mass is 10.1. The molecule has 2 aromatic rings. The molecule has 0 spiro atoms. The molecule has 27 heavy (non-hydrogen) atoms. The lowest BCUT2D eigenvalue weighted by Gasteiger charge is -2.20. The smallest absolute Gasteiger partial charge is 0.256 e. The summed E-state index contributed by atoms with van der Waals surface area (Å²) in [5.74, 6) is -0.682. The maximum atomic E-state index is 13.1. The summed E-state index contributed by atoms with van der Waals surface area (Å²) in [4.78, 5) is 40.2. The van der Waals surface area contributed by atoms with Gasteiger partial charge in [-0.05, 0) is 35.6 Å². The molecule has 1 fully saturated rings. The summed E-state index contributed by atoms with van der Waals surface area (Å²) >= 11 is 1.59. The van der Waals surface area contributed by atoms with E-state index in [0.717, 1.165) is 10.4 Å². The van der Waals surface area contributed by atoms with Crippen LogP contribution in [0.15, 0.2) is 35.7 Å². The Labute approximate surface area is 160 Å². The average Bonchev–Trinajstić information content (AvgIpc) is 3.30. The van der Waals surface area contributed by atoms with E-state index in [4.69, 9.17) is 4.74 Å². The Bertz CT molecular complexity index is 896. The molecule has 8 heteroatoms. The van der Waals surface area contributed by atoms with Crippen LogP contribution in [-0.4, -0.2) is 55.0 Å². The Kier molecular flexibility index (Phi) is 4.67. The van der Waals surface area contributed by atoms with Crippen molar-refractivity contribution in [2.24, 2.45) is 0 Å². The SMILES string of the molecule is COCC(=O)N[C@H]1C[C@H]2C(=O)Nc3ccc(-c4cccs4)cc3C(=O)N2C1. The van der Waals surface area contributed by atoms with Gasteiger partial charge in [-0.2, -0.15) is 0 Å². The van der Waals surface area contributed by atoms with Crippen LogP contribution >= 0.6 is 11.3 Å². The maximum Gasteiger partial charge on any atom is 0.256 e. The van der Waals surface area contributed by atoms with Crippen LogP contribution in [0.4, 0.5) is 5.69 Å². The number of carbonyl (C=O) groups excluding carboxylic acids is 3. The predicted molar refractivity (Wildman–Crippen MR) is 102 cm³/mol. The van der Waals surface area contributed by atoms with E-state index in [1.165, 1.54) is 7.11 Å². The molecule has 0 bridgehead atoms. The molecule has 1 saturated heterocycles. The minimum Gasteiger partial charge on any atom is -0.375 e. The molecule has 2 atom stereocenters. The number of hydrogen-bond donors (Lipinski definition) is 2. The lowest BCUT2D eigenvalue weighted by molar-refractivity contribution is -0.125. The Morgan fingerprint density at radius 2 is 2.22 bits per heavy atom. The summed E-state index contributed by atoms with van der Waals surface area (Å²) in [5.41, 5.74) is 1.94. The van der Waals surface area contributed by atoms with Gasteiger partial charge in [0.15, 0.2) is 0 Å². The fourth-order valence-corrected chi connectivity index (χ4v) is 4.33. The van der Waals surface area contributed by atoms with Gasteiger partial charge in [-0.1, -0.05) is 12.1 Å². The third-order valence-corrected chi connectivity index (χ3v) is 5.74. The van der Waals surface area contributed by atoms with E-state index in [2.05, 4.69) is 10.6 Å². The zero-order valence-electron chi connectivity index (χ0n) is 14.7. The van der Waals surface area contributed by atoms with E-state index in [9.17, 15) is 14.4 Å². The number of ether oxygens (including phenoxy) is 1. The number of rotatable bonds is 4. The summed E-state index contributed by atoms with van der Waals surface area (Å²) in [6, 6.07) is 8.59. The molecular weight excluding hydrogens is 366 g/mol. The summed E-state index contributed by atoms with van der Waals surface area (Å²) < 4.78 is 4.82. The van der Waals surface area contributed by atoms with Gasteiger partial charge in [0, 0.05) is 24.6 Å². The molecule has 140 valence electrons. The molecule has 0 saturated carbocycles. The van der Waals surface area contributed by atoms with Crippen molar-refractivity contribution in [2.45, 2.75) is 18.5 Å². The van der Waals surface area contributed by atoms with Gasteiger partial charge in [-0.25, -0.2) is 0 Å². The number of nitrogens with one attached hydrogen (secondary N) is 2. The van der Waals surface area contributed by atoms with Crippen LogP contribution in [0.25, 0.3) is 10.4 Å². The normalized spacial score (nSPS) is 21.3. The Hall–Kier alpha value is -2.71. The number of benzene rings is 1. The van der Waals surface area contributed by atoms with Crippen molar-refractivity contribution in [2.75, 3.05) is 25.6 Å². The first-order valence-electron chi connectivity index (χ1n) is 8.65. The zero-order valence-corrected chi connectivity index (χ0v) is 15.5. The van der Waals surface area contributed by atoms with Crippen molar-refractivity contribution in [1.82, 2.24) is 10.2 Å². The summed E-state index contributed by atoms with van der Waals surface area (Å²) in [7, 11) is 1.45. The van der Waals surface area contributed by atoms with Gasteiger partial charge in [0.25, 0.3) is 5.91 Å². The zero-order chi connectivity index (χ0) is 19.0. The first-order chi connectivity index (χ1) is 13.1. The molecule has 1 aromatic heterocycles. The predicted octanol–water partition coefficient (Wildman–Crippen LogP) is 1.71. The van der Waals surface area contributed by atoms with Gasteiger partial charge in [0.05, 0.1) is 11.3 Å².